The summed E-state index contributed by atoms with van der Waals surface area (Å²) in [5, 5.41) is 12.2. The molecule has 12 heteroatoms. The van der Waals surface area contributed by atoms with E-state index in [2.05, 4.69) is 20.3 Å². The van der Waals surface area contributed by atoms with Crippen LogP contribution in [0.4, 0.5) is 23.2 Å². The summed E-state index contributed by atoms with van der Waals surface area (Å²) in [6.07, 6.45) is 0. The second-order valence-corrected chi connectivity index (χ2v) is 4.95. The lowest BCUT2D eigenvalue weighted by atomic mass is 10.2. The van der Waals surface area contributed by atoms with Gasteiger partial charge in [0, 0.05) is 20.3 Å². The summed E-state index contributed by atoms with van der Waals surface area (Å²) in [4.78, 5) is 4.24. The third-order valence-electron chi connectivity index (χ3n) is 2.95. The molecule has 0 unspecified atom stereocenters. The van der Waals surface area contributed by atoms with E-state index < -0.39 is 7.25 Å². The van der Waals surface area contributed by atoms with Gasteiger partial charge in [0.25, 0.3) is 0 Å². The van der Waals surface area contributed by atoms with Crippen LogP contribution in [0.2, 0.25) is 0 Å². The molecule has 3 rings (SSSR count). The number of rotatable bonds is 3. The van der Waals surface area contributed by atoms with Crippen molar-refractivity contribution in [2.45, 2.75) is 6.92 Å². The van der Waals surface area contributed by atoms with E-state index in [1.807, 2.05) is 61.5 Å². The first kappa shape index (κ1) is 18.9. The molecule has 0 aliphatic carbocycles. The van der Waals surface area contributed by atoms with Crippen molar-refractivity contribution in [1.82, 2.24) is 15.1 Å². The van der Waals surface area contributed by atoms with Gasteiger partial charge in [0.15, 0.2) is 0 Å². The predicted molar refractivity (Wildman–Crippen MR) is 86.6 cm³/mol. The molecule has 0 aliphatic heterocycles. The molecule has 1 aromatic heterocycles. The average Bonchev–Trinajstić information content (AvgIpc) is 2.99. The van der Waals surface area contributed by atoms with Gasteiger partial charge in [-0.05, 0) is 41.5 Å². The van der Waals surface area contributed by atoms with Crippen LogP contribution in [0.5, 0.6) is 0 Å². The largest absolute Gasteiger partial charge is 0.673 e. The molecule has 0 bridgehead atoms. The summed E-state index contributed by atoms with van der Waals surface area (Å²) >= 11 is 0. The summed E-state index contributed by atoms with van der Waals surface area (Å²) < 4.78 is 40.5. The topological polar surface area (TPSA) is 83.4 Å². The highest BCUT2D eigenvalue weighted by Crippen LogP contribution is 2.10. The molecule has 0 aliphatic rings. The summed E-state index contributed by atoms with van der Waals surface area (Å²) in [5.74, 6) is 0.185. The van der Waals surface area contributed by atoms with Gasteiger partial charge < -0.3 is 17.3 Å². The second kappa shape index (κ2) is 8.12. The van der Waals surface area contributed by atoms with E-state index in [0.717, 1.165) is 16.9 Å². The SMILES string of the molecule is Cc1ccc(-[n+]2nn(-c3ccccc3)nc2N=[N+]=[N-])cc1.F[B-](F)(F)F. The number of nitrogens with zero attached hydrogens (tertiary/aromatic N) is 7. The second-order valence-electron chi connectivity index (χ2n) is 4.95. The number of benzene rings is 2. The molecule has 26 heavy (non-hydrogen) atoms. The fraction of sp³-hybridized carbons (Fsp3) is 0.0714. The Morgan fingerprint density at radius 3 is 2.15 bits per heavy atom. The van der Waals surface area contributed by atoms with E-state index in [1.54, 1.807) is 0 Å². The van der Waals surface area contributed by atoms with Crippen molar-refractivity contribution in [3.8, 4) is 11.4 Å². The third-order valence-corrected chi connectivity index (χ3v) is 2.95. The van der Waals surface area contributed by atoms with Crippen molar-refractivity contribution in [3.63, 3.8) is 0 Å². The summed E-state index contributed by atoms with van der Waals surface area (Å²) in [7, 11) is -6.00. The van der Waals surface area contributed by atoms with E-state index in [0.29, 0.717) is 0 Å². The zero-order valence-electron chi connectivity index (χ0n) is 13.4. The lowest BCUT2D eigenvalue weighted by molar-refractivity contribution is -0.649. The molecule has 7 nitrogen and oxygen atoms in total. The number of halogens is 4. The number of hydrogen-bond acceptors (Lipinski definition) is 3. The summed E-state index contributed by atoms with van der Waals surface area (Å²) in [6, 6.07) is 17.2. The van der Waals surface area contributed by atoms with Crippen LogP contribution in [0.3, 0.4) is 0 Å². The Hall–Kier alpha value is -3.40. The van der Waals surface area contributed by atoms with Crippen LogP contribution in [-0.2, 0) is 0 Å². The number of aryl methyl sites for hydroxylation is 1. The quantitative estimate of drug-likeness (QED) is 0.175. The third kappa shape index (κ3) is 5.60. The van der Waals surface area contributed by atoms with Gasteiger partial charge in [-0.25, -0.2) is 0 Å². The molecule has 0 N–H and O–H groups in total. The van der Waals surface area contributed by atoms with Gasteiger partial charge >= 0.3 is 13.2 Å². The zero-order chi connectivity index (χ0) is 19.2. The fourth-order valence-corrected chi connectivity index (χ4v) is 1.90. The number of tetrazole rings is 1. The predicted octanol–water partition coefficient (Wildman–Crippen LogP) is 4.09. The van der Waals surface area contributed by atoms with E-state index >= 15 is 0 Å². The Kier molecular flexibility index (Phi) is 5.92. The van der Waals surface area contributed by atoms with E-state index in [1.165, 1.54) is 9.48 Å². The van der Waals surface area contributed by atoms with Crippen LogP contribution in [0, 0.1) is 6.92 Å². The zero-order valence-corrected chi connectivity index (χ0v) is 13.4. The Labute approximate surface area is 145 Å². The van der Waals surface area contributed by atoms with Gasteiger partial charge in [-0.15, -0.1) is 4.68 Å². The van der Waals surface area contributed by atoms with E-state index in [9.17, 15) is 17.3 Å². The van der Waals surface area contributed by atoms with Crippen molar-refractivity contribution in [2.24, 2.45) is 5.11 Å². The lowest BCUT2D eigenvalue weighted by Crippen LogP contribution is -2.33. The van der Waals surface area contributed by atoms with E-state index in [4.69, 9.17) is 5.53 Å². The van der Waals surface area contributed by atoms with Gasteiger partial charge in [-0.1, -0.05) is 35.9 Å². The maximum absolute atomic E-state index is 9.75. The lowest BCUT2D eigenvalue weighted by Gasteiger charge is -1.97. The van der Waals surface area contributed by atoms with Crippen LogP contribution in [0.25, 0.3) is 21.8 Å². The van der Waals surface area contributed by atoms with Gasteiger partial charge in [-0.2, -0.15) is 0 Å². The van der Waals surface area contributed by atoms with Gasteiger partial charge in [0.2, 0.25) is 0 Å². The van der Waals surface area contributed by atoms with Crippen LogP contribution in [-0.4, -0.2) is 22.4 Å². The highest BCUT2D eigenvalue weighted by Gasteiger charge is 2.20. The molecule has 0 fully saturated rings. The summed E-state index contributed by atoms with van der Waals surface area (Å²) in [6.45, 7) is 2.00. The van der Waals surface area contributed by atoms with Crippen LogP contribution >= 0.6 is 0 Å². The molecule has 0 saturated carbocycles. The standard InChI is InChI=1S/C14H12N7.BF4/c1-11-7-9-12(10-8-11)20-14(16-18-15)17-21(19-20)13-5-3-2-4-6-13;2-1(3,4)5/h2-10H,1H3;/q+1;-1. The van der Waals surface area contributed by atoms with Gasteiger partial charge in [-0.3, -0.25) is 0 Å². The van der Waals surface area contributed by atoms with Crippen LogP contribution in [0.15, 0.2) is 59.7 Å². The molecule has 0 radical (unpaired) electrons. The molecule has 0 spiro atoms. The smallest absolute Gasteiger partial charge is 0.418 e. The Morgan fingerprint density at radius 1 is 1.04 bits per heavy atom. The molecule has 3 aromatic rings. The number of hydrogen-bond donors (Lipinski definition) is 0. The highest BCUT2D eigenvalue weighted by molar-refractivity contribution is 6.50. The molecule has 0 atom stereocenters. The fourth-order valence-electron chi connectivity index (χ4n) is 1.90. The van der Waals surface area contributed by atoms with Crippen molar-refractivity contribution in [2.75, 3.05) is 0 Å². The van der Waals surface area contributed by atoms with Crippen LogP contribution < -0.4 is 4.68 Å². The van der Waals surface area contributed by atoms with Crippen LogP contribution in [0.1, 0.15) is 5.56 Å². The number of azide groups is 1. The first-order valence-electron chi connectivity index (χ1n) is 7.22. The highest BCUT2D eigenvalue weighted by atomic mass is 19.5. The Bertz CT molecular complexity index is 897. The molecule has 1 heterocycles. The Balaban J connectivity index is 0.000000431. The normalized spacial score (nSPS) is 10.5. The van der Waals surface area contributed by atoms with Gasteiger partial charge in [0.05, 0.1) is 0 Å². The van der Waals surface area contributed by atoms with Gasteiger partial charge in [0.1, 0.15) is 11.4 Å². The van der Waals surface area contributed by atoms with Crippen molar-refractivity contribution in [1.29, 1.82) is 0 Å². The van der Waals surface area contributed by atoms with E-state index in [-0.39, 0.29) is 5.95 Å². The Morgan fingerprint density at radius 2 is 1.62 bits per heavy atom. The maximum Gasteiger partial charge on any atom is 0.673 e. The molecular weight excluding hydrogens is 353 g/mol. The molecule has 0 amide bonds. The first-order valence-corrected chi connectivity index (χ1v) is 7.22. The summed E-state index contributed by atoms with van der Waals surface area (Å²) in [5.41, 5.74) is 11.4. The maximum atomic E-state index is 9.75. The number of para-hydroxylation sites is 1. The minimum absolute atomic E-state index is 0.185. The minimum atomic E-state index is -6.00. The molecule has 2 aromatic carbocycles. The minimum Gasteiger partial charge on any atom is -0.418 e. The molecule has 134 valence electrons. The monoisotopic (exact) mass is 365 g/mol. The van der Waals surface area contributed by atoms with Crippen molar-refractivity contribution in [3.05, 3.63) is 70.6 Å². The molecule has 0 saturated heterocycles. The number of aromatic nitrogens is 4. The molecular formula is C14H12BF4N7. The van der Waals surface area contributed by atoms with Crippen molar-refractivity contribution >= 4 is 13.2 Å². The van der Waals surface area contributed by atoms with Crippen molar-refractivity contribution < 1.29 is 21.9 Å². The average molecular weight is 365 g/mol. The first-order chi connectivity index (χ1) is 12.3.